The van der Waals surface area contributed by atoms with Crippen molar-refractivity contribution >= 4 is 92.2 Å². The highest BCUT2D eigenvalue weighted by molar-refractivity contribution is 14.1. The predicted octanol–water partition coefficient (Wildman–Crippen LogP) is 10.8. The first-order valence-electron chi connectivity index (χ1n) is 10.0. The van der Waals surface area contributed by atoms with Gasteiger partial charge in [-0.25, -0.2) is 0 Å². The molecule has 4 rings (SSSR count). The lowest BCUT2D eigenvalue weighted by Gasteiger charge is -2.09. The first-order chi connectivity index (χ1) is 17.8. The van der Waals surface area contributed by atoms with Gasteiger partial charge in [0.1, 0.15) is 28.7 Å². The van der Waals surface area contributed by atoms with Crippen molar-refractivity contribution < 1.29 is 29.9 Å². The molecule has 6 nitrogen and oxygen atoms in total. The topological polar surface area (TPSA) is 99.4 Å². The molecule has 0 amide bonds. The van der Waals surface area contributed by atoms with E-state index < -0.39 is 0 Å². The molecular formula is C26H21Cl6IO6. The Labute approximate surface area is 269 Å². The Morgan fingerprint density at radius 2 is 1.10 bits per heavy atom. The highest BCUT2D eigenvalue weighted by atomic mass is 127. The quantitative estimate of drug-likeness (QED) is 0.155. The maximum absolute atomic E-state index is 9.41. The van der Waals surface area contributed by atoms with Crippen molar-refractivity contribution in [1.29, 1.82) is 0 Å². The third-order valence-corrected chi connectivity index (χ3v) is 6.62. The lowest BCUT2D eigenvalue weighted by Crippen LogP contribution is -1.86. The van der Waals surface area contributed by atoms with Gasteiger partial charge in [-0.1, -0.05) is 77.0 Å². The second-order valence-electron chi connectivity index (χ2n) is 6.99. The van der Waals surface area contributed by atoms with Gasteiger partial charge in [0, 0.05) is 27.8 Å². The van der Waals surface area contributed by atoms with E-state index in [0.29, 0.717) is 26.6 Å². The minimum atomic E-state index is -0.215. The number of phenolic OH excluding ortho intramolecular Hbond substituents is 4. The summed E-state index contributed by atoms with van der Waals surface area (Å²) in [5.74, 6) is 0.810. The number of hydrogen-bond acceptors (Lipinski definition) is 6. The van der Waals surface area contributed by atoms with Crippen molar-refractivity contribution in [2.45, 2.75) is 7.43 Å². The Balaban J connectivity index is 0.000000312. The van der Waals surface area contributed by atoms with Crippen molar-refractivity contribution in [2.75, 3.05) is 7.11 Å². The zero-order valence-corrected chi connectivity index (χ0v) is 25.7. The van der Waals surface area contributed by atoms with E-state index in [1.807, 2.05) is 0 Å². The van der Waals surface area contributed by atoms with Crippen LogP contribution in [0.3, 0.4) is 0 Å². The van der Waals surface area contributed by atoms with Gasteiger partial charge in [-0.3, -0.25) is 0 Å². The molecule has 0 saturated heterocycles. The van der Waals surface area contributed by atoms with Crippen LogP contribution in [0.15, 0.2) is 60.7 Å². The van der Waals surface area contributed by atoms with Crippen molar-refractivity contribution in [2.24, 2.45) is 0 Å². The van der Waals surface area contributed by atoms with Crippen LogP contribution in [0.4, 0.5) is 0 Å². The molecule has 13 heteroatoms. The van der Waals surface area contributed by atoms with Gasteiger partial charge in [0.2, 0.25) is 0 Å². The van der Waals surface area contributed by atoms with Gasteiger partial charge in [0.05, 0.1) is 37.2 Å². The van der Waals surface area contributed by atoms with Crippen molar-refractivity contribution in [3.8, 4) is 40.2 Å². The molecule has 4 N–H and O–H groups in total. The summed E-state index contributed by atoms with van der Waals surface area (Å²) in [7, 11) is 1.54. The van der Waals surface area contributed by atoms with Crippen LogP contribution in [0, 0.1) is 3.57 Å². The number of phenols is 4. The largest absolute Gasteiger partial charge is 0.508 e. The van der Waals surface area contributed by atoms with Gasteiger partial charge in [0.15, 0.2) is 11.5 Å². The Morgan fingerprint density at radius 1 is 0.615 bits per heavy atom. The van der Waals surface area contributed by atoms with Crippen LogP contribution < -0.4 is 9.47 Å². The summed E-state index contributed by atoms with van der Waals surface area (Å²) in [6.07, 6.45) is 0. The number of benzene rings is 4. The number of methoxy groups -OCH3 is 1. The molecule has 0 fully saturated rings. The van der Waals surface area contributed by atoms with Crippen LogP contribution in [-0.2, 0) is 0 Å². The minimum Gasteiger partial charge on any atom is -0.508 e. The van der Waals surface area contributed by atoms with Crippen molar-refractivity contribution in [3.05, 3.63) is 94.4 Å². The van der Waals surface area contributed by atoms with Gasteiger partial charge >= 0.3 is 0 Å². The molecule has 39 heavy (non-hydrogen) atoms. The molecule has 0 aliphatic carbocycles. The number of hydrogen-bond donors (Lipinski definition) is 4. The van der Waals surface area contributed by atoms with E-state index in [1.165, 1.54) is 48.5 Å². The van der Waals surface area contributed by atoms with E-state index in [-0.39, 0.29) is 51.2 Å². The highest BCUT2D eigenvalue weighted by Crippen LogP contribution is 2.39. The van der Waals surface area contributed by atoms with E-state index in [4.69, 9.17) is 89.3 Å². The zero-order valence-electron chi connectivity index (χ0n) is 19.0. The van der Waals surface area contributed by atoms with E-state index in [2.05, 4.69) is 22.6 Å². The van der Waals surface area contributed by atoms with Gasteiger partial charge < -0.3 is 29.9 Å². The van der Waals surface area contributed by atoms with Gasteiger partial charge in [0.25, 0.3) is 0 Å². The molecule has 210 valence electrons. The minimum absolute atomic E-state index is 0. The summed E-state index contributed by atoms with van der Waals surface area (Å²) < 4.78 is 11.4. The van der Waals surface area contributed by atoms with Crippen LogP contribution in [0.2, 0.25) is 30.1 Å². The maximum Gasteiger partial charge on any atom is 0.156 e. The first-order valence-corrected chi connectivity index (χ1v) is 13.4. The molecule has 0 atom stereocenters. The van der Waals surface area contributed by atoms with Crippen LogP contribution in [0.1, 0.15) is 7.43 Å². The summed E-state index contributed by atoms with van der Waals surface area (Å²) in [4.78, 5) is 0. The predicted molar refractivity (Wildman–Crippen MR) is 169 cm³/mol. The Hall–Kier alpha value is -1.85. The molecular weight excluding hydrogens is 748 g/mol. The van der Waals surface area contributed by atoms with E-state index in [0.717, 1.165) is 3.57 Å². The molecule has 0 saturated carbocycles. The molecule has 0 unspecified atom stereocenters. The van der Waals surface area contributed by atoms with E-state index in [1.54, 1.807) is 19.2 Å². The average molecular weight is 769 g/mol. The second kappa shape index (κ2) is 16.4. The smallest absolute Gasteiger partial charge is 0.156 e. The molecule has 4 aromatic rings. The molecule has 0 spiro atoms. The number of ether oxygens (including phenoxy) is 2. The fourth-order valence-corrected chi connectivity index (χ4v) is 4.90. The molecule has 0 aromatic heterocycles. The first kappa shape index (κ1) is 35.2. The molecule has 0 heterocycles. The molecule has 0 aliphatic heterocycles. The number of rotatable bonds is 3. The molecule has 0 radical (unpaired) electrons. The SMILES string of the molecule is C.COc1c(Cl)cc(I)cc1Cl.Oc1ccc(Cl)c(O)c1.Oc1ccc(Cl)c(Oc2cc(Cl)c(O)c(Cl)c2)c1. The summed E-state index contributed by atoms with van der Waals surface area (Å²) in [5, 5.41) is 38.1. The summed E-state index contributed by atoms with van der Waals surface area (Å²) in [6, 6.07) is 14.7. The van der Waals surface area contributed by atoms with Gasteiger partial charge in [-0.15, -0.1) is 0 Å². The van der Waals surface area contributed by atoms with Crippen molar-refractivity contribution in [1.82, 2.24) is 0 Å². The lowest BCUT2D eigenvalue weighted by atomic mass is 10.3. The van der Waals surface area contributed by atoms with Crippen molar-refractivity contribution in [3.63, 3.8) is 0 Å². The molecule has 4 aromatic carbocycles. The van der Waals surface area contributed by atoms with E-state index in [9.17, 15) is 10.2 Å². The average Bonchev–Trinajstić information content (AvgIpc) is 2.83. The van der Waals surface area contributed by atoms with Crippen LogP contribution in [-0.4, -0.2) is 27.5 Å². The standard InChI is InChI=1S/C12H7Cl3O3.C7H5Cl2IO.C6H5ClO2.CH4/c13-8-2-1-6(16)3-11(8)18-7-4-9(14)12(17)10(15)5-7;1-11-7-5(8)2-4(10)3-6(7)9;7-5-2-1-4(8)3-6(5)9;/h1-5,16-17H;2-3H,1H3;1-3,8-9H;1H4. The summed E-state index contributed by atoms with van der Waals surface area (Å²) in [5.41, 5.74) is 0. The summed E-state index contributed by atoms with van der Waals surface area (Å²) >= 11 is 36.6. The monoisotopic (exact) mass is 766 g/mol. The Bertz CT molecular complexity index is 1370. The third-order valence-electron chi connectivity index (χ3n) is 4.23. The third kappa shape index (κ3) is 10.9. The van der Waals surface area contributed by atoms with Crippen LogP contribution in [0.25, 0.3) is 0 Å². The fraction of sp³-hybridized carbons (Fsp3) is 0.0769. The zero-order chi connectivity index (χ0) is 28.6. The Kier molecular flexibility index (Phi) is 14.8. The van der Waals surface area contributed by atoms with Gasteiger partial charge in [-0.05, 0) is 59.0 Å². The maximum atomic E-state index is 9.41. The van der Waals surface area contributed by atoms with Gasteiger partial charge in [-0.2, -0.15) is 0 Å². The number of aromatic hydroxyl groups is 4. The summed E-state index contributed by atoms with van der Waals surface area (Å²) in [6.45, 7) is 0. The molecule has 0 aliphatic rings. The number of halogens is 7. The second-order valence-corrected chi connectivity index (χ2v) is 10.7. The lowest BCUT2D eigenvalue weighted by molar-refractivity contribution is 0.415. The fourth-order valence-electron chi connectivity index (χ4n) is 2.52. The highest BCUT2D eigenvalue weighted by Gasteiger charge is 2.10. The Morgan fingerprint density at radius 3 is 1.56 bits per heavy atom. The normalized spacial score (nSPS) is 9.74. The van der Waals surface area contributed by atoms with E-state index >= 15 is 0 Å². The van der Waals surface area contributed by atoms with Crippen LogP contribution >= 0.6 is 92.2 Å². The van der Waals surface area contributed by atoms with Crippen LogP contribution in [0.5, 0.6) is 40.2 Å². The molecule has 0 bridgehead atoms.